The van der Waals surface area contributed by atoms with E-state index in [4.69, 9.17) is 14.2 Å². The molecule has 3 aliphatic rings. The van der Waals surface area contributed by atoms with Crippen molar-refractivity contribution in [1.82, 2.24) is 9.80 Å². The minimum absolute atomic E-state index is 0.0475. The van der Waals surface area contributed by atoms with Gasteiger partial charge in [-0.1, -0.05) is 6.07 Å². The Morgan fingerprint density at radius 3 is 2.80 bits per heavy atom. The van der Waals surface area contributed by atoms with Crippen LogP contribution in [0.25, 0.3) is 6.08 Å². The number of Topliss-reactive ketones (excluding diaryl/α,β-unsaturated/α-hetero) is 1. The van der Waals surface area contributed by atoms with Gasteiger partial charge in [0.2, 0.25) is 5.78 Å². The van der Waals surface area contributed by atoms with Crippen molar-refractivity contribution in [2.24, 2.45) is 0 Å². The van der Waals surface area contributed by atoms with Gasteiger partial charge in [0.25, 0.3) is 0 Å². The van der Waals surface area contributed by atoms with Crippen LogP contribution in [-0.2, 0) is 11.3 Å². The van der Waals surface area contributed by atoms with Gasteiger partial charge in [0.15, 0.2) is 5.76 Å². The summed E-state index contributed by atoms with van der Waals surface area (Å²) in [6, 6.07) is 5.91. The number of fused-ring (bicyclic) bond motifs is 2. The smallest absolute Gasteiger partial charge is 0.232 e. The van der Waals surface area contributed by atoms with Crippen molar-refractivity contribution in [3.63, 3.8) is 0 Å². The van der Waals surface area contributed by atoms with Gasteiger partial charge in [0.1, 0.15) is 18.2 Å². The van der Waals surface area contributed by atoms with Crippen LogP contribution in [0.4, 0.5) is 0 Å². The molecule has 0 spiro atoms. The highest BCUT2D eigenvalue weighted by Crippen LogP contribution is 2.43. The zero-order chi connectivity index (χ0) is 20.5. The molecule has 0 atom stereocenters. The van der Waals surface area contributed by atoms with E-state index >= 15 is 0 Å². The molecular weight excluding hydrogens is 400 g/mol. The normalized spacial score (nSPS) is 20.7. The molecule has 158 valence electrons. The summed E-state index contributed by atoms with van der Waals surface area (Å²) < 4.78 is 17.5. The lowest BCUT2D eigenvalue weighted by molar-refractivity contribution is 0.0329. The standard InChI is InChI=1S/C23H26N2O4S/c1-16-22-17(14-25(15-28-22)6-3-5-24-7-9-27-10-8-24)12-19-21(26)20(29-23(16)19)13-18-4-2-11-30-18/h2,4,11-13H,3,5-10,14-15H2,1H3/b20-13-. The number of ether oxygens (including phenoxy) is 3. The van der Waals surface area contributed by atoms with Crippen molar-refractivity contribution in [1.29, 1.82) is 0 Å². The number of thiophene rings is 1. The van der Waals surface area contributed by atoms with Crippen LogP contribution >= 0.6 is 11.3 Å². The summed E-state index contributed by atoms with van der Waals surface area (Å²) >= 11 is 1.59. The van der Waals surface area contributed by atoms with Crippen LogP contribution in [-0.4, -0.2) is 61.7 Å². The first kappa shape index (κ1) is 19.8. The average Bonchev–Trinajstić information content (AvgIpc) is 3.38. The summed E-state index contributed by atoms with van der Waals surface area (Å²) in [6.45, 7) is 9.12. The molecule has 0 bridgehead atoms. The number of rotatable bonds is 5. The maximum absolute atomic E-state index is 12.9. The second kappa shape index (κ2) is 8.51. The van der Waals surface area contributed by atoms with Crippen molar-refractivity contribution in [2.45, 2.75) is 19.9 Å². The fourth-order valence-corrected chi connectivity index (χ4v) is 4.93. The Labute approximate surface area is 180 Å². The molecule has 1 aromatic carbocycles. The largest absolute Gasteiger partial charge is 0.477 e. The number of hydrogen-bond donors (Lipinski definition) is 0. The second-order valence-electron chi connectivity index (χ2n) is 7.96. The number of morpholine rings is 1. The van der Waals surface area contributed by atoms with Gasteiger partial charge >= 0.3 is 0 Å². The van der Waals surface area contributed by atoms with Gasteiger partial charge in [0, 0.05) is 48.3 Å². The number of allylic oxidation sites excluding steroid dienone is 1. The number of ketones is 1. The van der Waals surface area contributed by atoms with Gasteiger partial charge in [-0.05, 0) is 37.4 Å². The molecule has 1 fully saturated rings. The minimum atomic E-state index is -0.0475. The molecule has 30 heavy (non-hydrogen) atoms. The van der Waals surface area contributed by atoms with Gasteiger partial charge in [0.05, 0.1) is 18.8 Å². The first-order valence-corrected chi connectivity index (χ1v) is 11.4. The van der Waals surface area contributed by atoms with Gasteiger partial charge in [-0.3, -0.25) is 14.6 Å². The molecule has 2 aromatic rings. The first-order valence-electron chi connectivity index (χ1n) is 10.5. The Kier molecular flexibility index (Phi) is 5.60. The molecule has 1 saturated heterocycles. The van der Waals surface area contributed by atoms with Crippen molar-refractivity contribution in [2.75, 3.05) is 46.1 Å². The van der Waals surface area contributed by atoms with Crippen LogP contribution in [0.5, 0.6) is 11.5 Å². The lowest BCUT2D eigenvalue weighted by Gasteiger charge is -2.31. The molecule has 0 unspecified atom stereocenters. The van der Waals surface area contributed by atoms with Crippen molar-refractivity contribution in [3.8, 4) is 11.5 Å². The molecule has 0 N–H and O–H groups in total. The molecule has 0 aliphatic carbocycles. The molecule has 0 radical (unpaired) electrons. The van der Waals surface area contributed by atoms with E-state index in [0.29, 0.717) is 23.8 Å². The third-order valence-electron chi connectivity index (χ3n) is 5.87. The van der Waals surface area contributed by atoms with E-state index in [0.717, 1.165) is 74.1 Å². The zero-order valence-electron chi connectivity index (χ0n) is 17.2. The predicted molar refractivity (Wildman–Crippen MR) is 116 cm³/mol. The first-order chi connectivity index (χ1) is 14.7. The van der Waals surface area contributed by atoms with Crippen LogP contribution in [0.15, 0.2) is 29.3 Å². The molecule has 7 heteroatoms. The van der Waals surface area contributed by atoms with E-state index in [1.807, 2.05) is 36.6 Å². The lowest BCUT2D eigenvalue weighted by atomic mass is 10.00. The third-order valence-corrected chi connectivity index (χ3v) is 6.69. The van der Waals surface area contributed by atoms with Gasteiger partial charge in [-0.2, -0.15) is 0 Å². The highest BCUT2D eigenvalue weighted by molar-refractivity contribution is 7.10. The summed E-state index contributed by atoms with van der Waals surface area (Å²) in [5.41, 5.74) is 2.63. The predicted octanol–water partition coefficient (Wildman–Crippen LogP) is 3.55. The van der Waals surface area contributed by atoms with E-state index in [1.54, 1.807) is 11.3 Å². The van der Waals surface area contributed by atoms with Crippen LogP contribution in [0, 0.1) is 6.92 Å². The minimum Gasteiger partial charge on any atom is -0.477 e. The number of carbonyl (C=O) groups excluding carboxylic acids is 1. The fourth-order valence-electron chi connectivity index (χ4n) is 4.29. The maximum Gasteiger partial charge on any atom is 0.232 e. The summed E-state index contributed by atoms with van der Waals surface area (Å²) in [4.78, 5) is 18.7. The zero-order valence-corrected chi connectivity index (χ0v) is 18.0. The average molecular weight is 427 g/mol. The van der Waals surface area contributed by atoms with Crippen molar-refractivity contribution >= 4 is 23.2 Å². The van der Waals surface area contributed by atoms with E-state index in [1.165, 1.54) is 0 Å². The number of hydrogen-bond acceptors (Lipinski definition) is 7. The number of benzene rings is 1. The summed E-state index contributed by atoms with van der Waals surface area (Å²) in [5.74, 6) is 1.85. The van der Waals surface area contributed by atoms with E-state index in [2.05, 4.69) is 9.80 Å². The van der Waals surface area contributed by atoms with E-state index in [9.17, 15) is 4.79 Å². The monoisotopic (exact) mass is 426 g/mol. The Morgan fingerprint density at radius 1 is 1.17 bits per heavy atom. The third kappa shape index (κ3) is 3.90. The molecule has 6 nitrogen and oxygen atoms in total. The van der Waals surface area contributed by atoms with Gasteiger partial charge in [-0.15, -0.1) is 11.3 Å². The highest BCUT2D eigenvalue weighted by atomic mass is 32.1. The Morgan fingerprint density at radius 2 is 2.00 bits per heavy atom. The van der Waals surface area contributed by atoms with Crippen LogP contribution in [0.1, 0.15) is 32.8 Å². The molecule has 1 aromatic heterocycles. The Hall–Kier alpha value is -2.19. The van der Waals surface area contributed by atoms with Crippen molar-refractivity contribution < 1.29 is 19.0 Å². The summed E-state index contributed by atoms with van der Waals surface area (Å²) in [5, 5.41) is 1.99. The topological polar surface area (TPSA) is 51.2 Å². The second-order valence-corrected chi connectivity index (χ2v) is 8.93. The Balaban J connectivity index is 1.28. The molecule has 4 heterocycles. The molecule has 0 saturated carbocycles. The molecule has 3 aliphatic heterocycles. The van der Waals surface area contributed by atoms with Crippen LogP contribution in [0.2, 0.25) is 0 Å². The molecular formula is C23H26N2O4S. The van der Waals surface area contributed by atoms with E-state index < -0.39 is 0 Å². The number of carbonyl (C=O) groups is 1. The molecule has 5 rings (SSSR count). The lowest BCUT2D eigenvalue weighted by Crippen LogP contribution is -2.39. The summed E-state index contributed by atoms with van der Waals surface area (Å²) in [6.07, 6.45) is 2.92. The maximum atomic E-state index is 12.9. The van der Waals surface area contributed by atoms with E-state index in [-0.39, 0.29) is 5.78 Å². The number of nitrogens with zero attached hydrogens (tertiary/aromatic N) is 2. The van der Waals surface area contributed by atoms with Gasteiger partial charge in [-0.25, -0.2) is 0 Å². The molecule has 0 amide bonds. The fraction of sp³-hybridized carbons (Fsp3) is 0.435. The Bertz CT molecular complexity index is 964. The summed E-state index contributed by atoms with van der Waals surface area (Å²) in [7, 11) is 0. The van der Waals surface area contributed by atoms with Gasteiger partial charge < -0.3 is 14.2 Å². The van der Waals surface area contributed by atoms with Crippen molar-refractivity contribution in [3.05, 3.63) is 50.9 Å². The van der Waals surface area contributed by atoms with Crippen LogP contribution in [0.3, 0.4) is 0 Å². The quantitative estimate of drug-likeness (QED) is 0.682. The highest BCUT2D eigenvalue weighted by Gasteiger charge is 2.33. The van der Waals surface area contributed by atoms with Crippen LogP contribution < -0.4 is 9.47 Å². The SMILES string of the molecule is Cc1c2c(cc3c1O/C(=C\c1cccs1)C3=O)CN(CCCN1CCOCC1)CO2.